The highest BCUT2D eigenvalue weighted by atomic mass is 35.5. The fourth-order valence-corrected chi connectivity index (χ4v) is 3.59. The molecule has 1 unspecified atom stereocenters. The monoisotopic (exact) mass is 400 g/mol. The van der Waals surface area contributed by atoms with Crippen LogP contribution in [0.25, 0.3) is 10.9 Å². The Balaban J connectivity index is 1.96. The first kappa shape index (κ1) is 19.8. The number of carboxylic acid groups (broad SMARTS) is 1. The topological polar surface area (TPSA) is 94.5 Å². The third kappa shape index (κ3) is 4.64. The van der Waals surface area contributed by atoms with Gasteiger partial charge in [0, 0.05) is 30.1 Å². The van der Waals surface area contributed by atoms with Crippen molar-refractivity contribution >= 4 is 34.4 Å². The minimum absolute atomic E-state index is 0.0790. The van der Waals surface area contributed by atoms with Crippen LogP contribution in [-0.4, -0.2) is 27.7 Å². The highest BCUT2D eigenvalue weighted by Crippen LogP contribution is 2.32. The van der Waals surface area contributed by atoms with Gasteiger partial charge in [-0.1, -0.05) is 29.8 Å². The molecule has 3 N–H and O–H groups in total. The van der Waals surface area contributed by atoms with Gasteiger partial charge in [-0.15, -0.1) is 0 Å². The molecule has 0 aliphatic carbocycles. The van der Waals surface area contributed by atoms with Crippen LogP contribution in [0.2, 0.25) is 5.02 Å². The Kier molecular flexibility index (Phi) is 5.90. The number of carbonyl (C=O) groups is 2. The molecular weight excluding hydrogens is 380 g/mol. The quantitative estimate of drug-likeness (QED) is 0.606. The molecule has 0 saturated heterocycles. The summed E-state index contributed by atoms with van der Waals surface area (Å²) in [5.41, 5.74) is 7.89. The highest BCUT2D eigenvalue weighted by molar-refractivity contribution is 6.30. The number of hydrogen-bond donors (Lipinski definition) is 2. The van der Waals surface area contributed by atoms with Crippen LogP contribution in [0.4, 0.5) is 0 Å². The van der Waals surface area contributed by atoms with Crippen LogP contribution < -0.4 is 10.5 Å². The number of nitrogens with two attached hydrogens (primary N) is 1. The molecule has 3 aromatic rings. The maximum Gasteiger partial charge on any atom is 0.307 e. The largest absolute Gasteiger partial charge is 0.489 e. The predicted molar refractivity (Wildman–Crippen MR) is 108 cm³/mol. The number of primary amides is 1. The van der Waals surface area contributed by atoms with Crippen molar-refractivity contribution in [2.75, 3.05) is 0 Å². The number of aryl methyl sites for hydroxylation is 1. The predicted octanol–water partition coefficient (Wildman–Crippen LogP) is 3.32. The summed E-state index contributed by atoms with van der Waals surface area (Å²) in [6.45, 7) is 0. The van der Waals surface area contributed by atoms with Crippen LogP contribution >= 0.6 is 11.6 Å². The molecule has 0 spiro atoms. The Labute approximate surface area is 167 Å². The number of rotatable bonds is 8. The molecule has 0 bridgehead atoms. The van der Waals surface area contributed by atoms with Gasteiger partial charge in [0.25, 0.3) is 0 Å². The lowest BCUT2D eigenvalue weighted by Crippen LogP contribution is -2.23. The van der Waals surface area contributed by atoms with E-state index in [1.54, 1.807) is 18.2 Å². The van der Waals surface area contributed by atoms with Crippen molar-refractivity contribution in [3.8, 4) is 5.75 Å². The van der Waals surface area contributed by atoms with Gasteiger partial charge in [0.1, 0.15) is 11.9 Å². The van der Waals surface area contributed by atoms with Crippen LogP contribution in [0.1, 0.15) is 17.5 Å². The van der Waals surface area contributed by atoms with Gasteiger partial charge in [-0.3, -0.25) is 9.59 Å². The van der Waals surface area contributed by atoms with Crippen LogP contribution in [0.5, 0.6) is 5.75 Å². The number of carboxylic acids is 1. The number of ether oxygens (including phenoxy) is 1. The lowest BCUT2D eigenvalue weighted by Gasteiger charge is -2.19. The fraction of sp³-hybridized carbons (Fsp3) is 0.238. The summed E-state index contributed by atoms with van der Waals surface area (Å²) in [5.74, 6) is -0.865. The Morgan fingerprint density at radius 2 is 2.00 bits per heavy atom. The average molecular weight is 401 g/mol. The van der Waals surface area contributed by atoms with Crippen molar-refractivity contribution in [3.63, 3.8) is 0 Å². The van der Waals surface area contributed by atoms with Gasteiger partial charge in [-0.25, -0.2) is 0 Å². The molecule has 0 radical (unpaired) electrons. The zero-order chi connectivity index (χ0) is 20.3. The number of nitrogens with zero attached hydrogens (tertiary/aromatic N) is 1. The van der Waals surface area contributed by atoms with E-state index in [9.17, 15) is 14.7 Å². The molecule has 1 aromatic heterocycles. The Morgan fingerprint density at radius 1 is 1.25 bits per heavy atom. The second kappa shape index (κ2) is 8.35. The molecule has 146 valence electrons. The van der Waals surface area contributed by atoms with Gasteiger partial charge in [-0.05, 0) is 35.4 Å². The molecular formula is C21H21ClN2O4. The van der Waals surface area contributed by atoms with Crippen LogP contribution in [0, 0.1) is 0 Å². The third-order valence-corrected chi connectivity index (χ3v) is 4.70. The van der Waals surface area contributed by atoms with Gasteiger partial charge in [-0.2, -0.15) is 0 Å². The van der Waals surface area contributed by atoms with Crippen molar-refractivity contribution in [1.82, 2.24) is 4.57 Å². The summed E-state index contributed by atoms with van der Waals surface area (Å²) in [6.07, 6.45) is 1.55. The standard InChI is InChI=1S/C21H21ClN2O4/c1-24-12-14(10-19(23)25)21-17(24)6-3-7-18(21)28-16(11-20(26)27)9-13-4-2-5-15(22)8-13/h2-8,12,16H,9-11H2,1H3,(H2,23,25)(H,26,27). The molecule has 6 nitrogen and oxygen atoms in total. The lowest BCUT2D eigenvalue weighted by molar-refractivity contribution is -0.138. The fourth-order valence-electron chi connectivity index (χ4n) is 3.38. The number of aromatic nitrogens is 1. The first-order valence-corrected chi connectivity index (χ1v) is 9.19. The summed E-state index contributed by atoms with van der Waals surface area (Å²) < 4.78 is 8.02. The number of hydrogen-bond acceptors (Lipinski definition) is 3. The summed E-state index contributed by atoms with van der Waals surface area (Å²) in [4.78, 5) is 22.8. The van der Waals surface area contributed by atoms with E-state index in [0.29, 0.717) is 17.2 Å². The Hall–Kier alpha value is -2.99. The van der Waals surface area contributed by atoms with E-state index in [-0.39, 0.29) is 12.8 Å². The molecule has 28 heavy (non-hydrogen) atoms. The second-order valence-corrected chi connectivity index (χ2v) is 7.17. The van der Waals surface area contributed by atoms with Gasteiger partial charge >= 0.3 is 5.97 Å². The molecule has 0 aliphatic heterocycles. The molecule has 1 amide bonds. The number of halogens is 1. The molecule has 0 aliphatic rings. The zero-order valence-electron chi connectivity index (χ0n) is 15.4. The molecule has 0 saturated carbocycles. The molecule has 3 rings (SSSR count). The number of fused-ring (bicyclic) bond motifs is 1. The second-order valence-electron chi connectivity index (χ2n) is 6.73. The minimum Gasteiger partial charge on any atom is -0.489 e. The van der Waals surface area contributed by atoms with E-state index in [2.05, 4.69) is 0 Å². The van der Waals surface area contributed by atoms with Crippen LogP contribution in [-0.2, 0) is 29.5 Å². The zero-order valence-corrected chi connectivity index (χ0v) is 16.1. The van der Waals surface area contributed by atoms with Gasteiger partial charge < -0.3 is 20.1 Å². The first-order chi connectivity index (χ1) is 13.3. The molecule has 2 aromatic carbocycles. The van der Waals surface area contributed by atoms with E-state index in [4.69, 9.17) is 22.1 Å². The van der Waals surface area contributed by atoms with Gasteiger partial charge in [0.2, 0.25) is 5.91 Å². The molecule has 1 atom stereocenters. The van der Waals surface area contributed by atoms with Gasteiger partial charge in [0.15, 0.2) is 0 Å². The maximum atomic E-state index is 11.5. The normalized spacial score (nSPS) is 12.1. The van der Waals surface area contributed by atoms with Crippen LogP contribution in [0.3, 0.4) is 0 Å². The number of aliphatic carboxylic acids is 1. The van der Waals surface area contributed by atoms with E-state index < -0.39 is 18.0 Å². The molecule has 1 heterocycles. The highest BCUT2D eigenvalue weighted by Gasteiger charge is 2.20. The van der Waals surface area contributed by atoms with Crippen molar-refractivity contribution in [2.45, 2.75) is 25.4 Å². The van der Waals surface area contributed by atoms with E-state index >= 15 is 0 Å². The Morgan fingerprint density at radius 3 is 2.68 bits per heavy atom. The lowest BCUT2D eigenvalue weighted by atomic mass is 10.0. The van der Waals surface area contributed by atoms with Gasteiger partial charge in [0.05, 0.1) is 18.4 Å². The van der Waals surface area contributed by atoms with Crippen molar-refractivity contribution in [3.05, 3.63) is 64.8 Å². The summed E-state index contributed by atoms with van der Waals surface area (Å²) in [6, 6.07) is 12.8. The average Bonchev–Trinajstić information content (AvgIpc) is 2.90. The van der Waals surface area contributed by atoms with Crippen molar-refractivity contribution < 1.29 is 19.4 Å². The molecule has 0 fully saturated rings. The van der Waals surface area contributed by atoms with Crippen molar-refractivity contribution in [2.24, 2.45) is 12.8 Å². The van der Waals surface area contributed by atoms with E-state index in [1.807, 2.05) is 42.1 Å². The van der Waals surface area contributed by atoms with E-state index in [1.165, 1.54) is 0 Å². The number of amides is 1. The maximum absolute atomic E-state index is 11.5. The summed E-state index contributed by atoms with van der Waals surface area (Å²) in [7, 11) is 1.87. The molecule has 7 heteroatoms. The van der Waals surface area contributed by atoms with E-state index in [0.717, 1.165) is 22.0 Å². The smallest absolute Gasteiger partial charge is 0.307 e. The van der Waals surface area contributed by atoms with Crippen LogP contribution in [0.15, 0.2) is 48.7 Å². The Bertz CT molecular complexity index is 1030. The third-order valence-electron chi connectivity index (χ3n) is 4.47. The SMILES string of the molecule is Cn1cc(CC(N)=O)c2c(OC(CC(=O)O)Cc3cccc(Cl)c3)cccc21. The van der Waals surface area contributed by atoms with Crippen molar-refractivity contribution in [1.29, 1.82) is 0 Å². The summed E-state index contributed by atoms with van der Waals surface area (Å²) >= 11 is 6.04. The number of benzene rings is 2. The first-order valence-electron chi connectivity index (χ1n) is 8.81. The number of carbonyl (C=O) groups excluding carboxylic acids is 1. The summed E-state index contributed by atoms with van der Waals surface area (Å²) in [5, 5.41) is 10.7. The minimum atomic E-state index is -0.954.